The monoisotopic (exact) mass is 302 g/mol. The molecule has 2 aliphatic rings. The van der Waals surface area contributed by atoms with Gasteiger partial charge in [0.2, 0.25) is 0 Å². The highest BCUT2D eigenvalue weighted by Crippen LogP contribution is 2.26. The predicted octanol–water partition coefficient (Wildman–Crippen LogP) is 1.27. The zero-order valence-electron chi connectivity index (χ0n) is 13.1. The van der Waals surface area contributed by atoms with Crippen LogP contribution in [0.15, 0.2) is 17.2 Å². The lowest BCUT2D eigenvalue weighted by molar-refractivity contribution is -0.136. The summed E-state index contributed by atoms with van der Waals surface area (Å²) in [4.78, 5) is 14.2. The second-order valence-electron chi connectivity index (χ2n) is 5.94. The van der Waals surface area contributed by atoms with Gasteiger partial charge >= 0.3 is 5.97 Å². The van der Waals surface area contributed by atoms with Crippen molar-refractivity contribution in [3.8, 4) is 5.75 Å². The van der Waals surface area contributed by atoms with Crippen LogP contribution in [0, 0.1) is 13.8 Å². The van der Waals surface area contributed by atoms with Crippen LogP contribution in [0.1, 0.15) is 29.5 Å². The van der Waals surface area contributed by atoms with Gasteiger partial charge in [-0.05, 0) is 49.9 Å². The molecule has 3 rings (SSSR count). The number of hydrogen-bond donors (Lipinski definition) is 2. The van der Waals surface area contributed by atoms with Crippen molar-refractivity contribution in [1.29, 1.82) is 0 Å². The van der Waals surface area contributed by atoms with Crippen LogP contribution < -0.4 is 15.5 Å². The number of ether oxygens (including phenoxy) is 1. The van der Waals surface area contributed by atoms with Crippen LogP contribution >= 0.6 is 0 Å². The third-order valence-electron chi connectivity index (χ3n) is 4.04. The summed E-state index contributed by atoms with van der Waals surface area (Å²) in [6.07, 6.45) is 3.68. The number of rotatable bonds is 4. The first kappa shape index (κ1) is 14.8. The van der Waals surface area contributed by atoms with Gasteiger partial charge in [-0.3, -0.25) is 5.43 Å². The van der Waals surface area contributed by atoms with Gasteiger partial charge in [0.15, 0.2) is 0 Å². The number of esters is 1. The minimum atomic E-state index is -0.174. The molecule has 0 bridgehead atoms. The van der Waals surface area contributed by atoms with Gasteiger partial charge in [0.25, 0.3) is 0 Å². The lowest BCUT2D eigenvalue weighted by Gasteiger charge is -2.17. The van der Waals surface area contributed by atoms with Crippen molar-refractivity contribution in [3.05, 3.63) is 28.8 Å². The van der Waals surface area contributed by atoms with Crippen molar-refractivity contribution in [2.75, 3.05) is 13.2 Å². The van der Waals surface area contributed by atoms with E-state index in [2.05, 4.69) is 32.9 Å². The second-order valence-corrected chi connectivity index (χ2v) is 5.94. The minimum Gasteiger partial charge on any atom is -0.425 e. The highest BCUT2D eigenvalue weighted by Gasteiger charge is 2.25. The maximum Gasteiger partial charge on any atom is 0.328 e. The molecule has 1 fully saturated rings. The highest BCUT2D eigenvalue weighted by molar-refractivity contribution is 5.79. The molecule has 0 radical (unpaired) electrons. The second kappa shape index (κ2) is 6.36. The van der Waals surface area contributed by atoms with Crippen LogP contribution in [0.25, 0.3) is 0 Å². The smallest absolute Gasteiger partial charge is 0.328 e. The molecule has 0 unspecified atom stereocenters. The van der Waals surface area contributed by atoms with E-state index < -0.39 is 0 Å². The van der Waals surface area contributed by atoms with Crippen LogP contribution in [-0.2, 0) is 11.3 Å². The molecule has 1 aromatic carbocycles. The van der Waals surface area contributed by atoms with Gasteiger partial charge in [0.1, 0.15) is 24.8 Å². The number of hydrazone groups is 1. The van der Waals surface area contributed by atoms with Crippen LogP contribution in [-0.4, -0.2) is 36.5 Å². The maximum absolute atomic E-state index is 12.2. The van der Waals surface area contributed by atoms with Crippen LogP contribution in [0.2, 0.25) is 0 Å². The maximum atomic E-state index is 12.2. The average Bonchev–Trinajstić information content (AvgIpc) is 3.15. The van der Waals surface area contributed by atoms with Gasteiger partial charge < -0.3 is 15.0 Å². The molecule has 0 aromatic heterocycles. The lowest BCUT2D eigenvalue weighted by atomic mass is 10.1. The molecule has 1 saturated heterocycles. The predicted molar refractivity (Wildman–Crippen MR) is 84.6 cm³/mol. The van der Waals surface area contributed by atoms with E-state index in [1.54, 1.807) is 6.34 Å². The topological polar surface area (TPSA) is 66.0 Å². The van der Waals surface area contributed by atoms with E-state index in [0.29, 0.717) is 5.75 Å². The van der Waals surface area contributed by atoms with Crippen molar-refractivity contribution < 1.29 is 9.53 Å². The number of benzene rings is 1. The van der Waals surface area contributed by atoms with Gasteiger partial charge in [-0.15, -0.1) is 0 Å². The van der Waals surface area contributed by atoms with Crippen molar-refractivity contribution in [3.63, 3.8) is 0 Å². The van der Waals surface area contributed by atoms with Gasteiger partial charge in [0.05, 0.1) is 0 Å². The summed E-state index contributed by atoms with van der Waals surface area (Å²) in [6, 6.07) is 3.98. The molecule has 0 saturated carbocycles. The van der Waals surface area contributed by atoms with E-state index in [1.807, 2.05) is 13.8 Å². The number of nitrogens with one attached hydrogen (secondary N) is 2. The zero-order valence-corrected chi connectivity index (χ0v) is 13.1. The highest BCUT2D eigenvalue weighted by atomic mass is 16.5. The molecule has 1 aromatic rings. The first-order chi connectivity index (χ1) is 10.6. The van der Waals surface area contributed by atoms with E-state index in [-0.39, 0.29) is 12.0 Å². The molecule has 2 aliphatic heterocycles. The van der Waals surface area contributed by atoms with Gasteiger partial charge in [-0.2, -0.15) is 5.10 Å². The Labute approximate surface area is 130 Å². The molecular formula is C16H22N4O2. The standard InChI is InChI=1S/C16H22N4O2/c1-11-6-13(8-20-9-18-19-10-20)7-12(2)15(11)22-16(21)14-4-3-5-17-14/h6-7,9,14,17,19H,3-5,8,10H2,1-2H3/t14-/m0/s1. The molecule has 2 heterocycles. The Morgan fingerprint density at radius 3 is 2.77 bits per heavy atom. The summed E-state index contributed by atoms with van der Waals surface area (Å²) < 4.78 is 5.63. The molecule has 22 heavy (non-hydrogen) atoms. The molecule has 6 nitrogen and oxygen atoms in total. The zero-order chi connectivity index (χ0) is 15.5. The van der Waals surface area contributed by atoms with Crippen molar-refractivity contribution in [1.82, 2.24) is 15.6 Å². The Balaban J connectivity index is 1.71. The molecule has 118 valence electrons. The molecular weight excluding hydrogens is 280 g/mol. The summed E-state index contributed by atoms with van der Waals surface area (Å²) >= 11 is 0. The van der Waals surface area contributed by atoms with Gasteiger partial charge in [0, 0.05) is 6.54 Å². The summed E-state index contributed by atoms with van der Waals surface area (Å²) in [6.45, 7) is 6.37. The van der Waals surface area contributed by atoms with Crippen LogP contribution in [0.3, 0.4) is 0 Å². The number of carbonyl (C=O) groups excluding carboxylic acids is 1. The van der Waals surface area contributed by atoms with Crippen LogP contribution in [0.4, 0.5) is 0 Å². The van der Waals surface area contributed by atoms with Crippen LogP contribution in [0.5, 0.6) is 5.75 Å². The molecule has 2 N–H and O–H groups in total. The molecule has 0 amide bonds. The van der Waals surface area contributed by atoms with Crippen molar-refractivity contribution in [2.45, 2.75) is 39.3 Å². The summed E-state index contributed by atoms with van der Waals surface area (Å²) in [5.74, 6) is 0.517. The third-order valence-corrected chi connectivity index (χ3v) is 4.04. The fraction of sp³-hybridized carbons (Fsp3) is 0.500. The van der Waals surface area contributed by atoms with Gasteiger partial charge in [-0.1, -0.05) is 12.1 Å². The number of nitrogens with zero attached hydrogens (tertiary/aromatic N) is 2. The summed E-state index contributed by atoms with van der Waals surface area (Å²) in [7, 11) is 0. The minimum absolute atomic E-state index is 0.162. The van der Waals surface area contributed by atoms with Gasteiger partial charge in [-0.25, -0.2) is 4.79 Å². The van der Waals surface area contributed by atoms with E-state index in [4.69, 9.17) is 4.74 Å². The fourth-order valence-electron chi connectivity index (χ4n) is 2.98. The number of carbonyl (C=O) groups is 1. The summed E-state index contributed by atoms with van der Waals surface area (Å²) in [5, 5.41) is 7.15. The van der Waals surface area contributed by atoms with E-state index in [9.17, 15) is 4.79 Å². The summed E-state index contributed by atoms with van der Waals surface area (Å²) in [5.41, 5.74) is 6.08. The van der Waals surface area contributed by atoms with Crippen molar-refractivity contribution in [2.24, 2.45) is 5.10 Å². The van der Waals surface area contributed by atoms with E-state index in [1.165, 1.54) is 5.56 Å². The fourth-order valence-corrected chi connectivity index (χ4v) is 2.98. The molecule has 0 spiro atoms. The Bertz CT molecular complexity index is 571. The first-order valence-corrected chi connectivity index (χ1v) is 7.69. The lowest BCUT2D eigenvalue weighted by Crippen LogP contribution is -2.34. The molecule has 6 heteroatoms. The molecule has 1 atom stereocenters. The Kier molecular flexibility index (Phi) is 4.29. The Hall–Kier alpha value is -2.08. The van der Waals surface area contributed by atoms with E-state index in [0.717, 1.165) is 43.7 Å². The quantitative estimate of drug-likeness (QED) is 0.647. The Morgan fingerprint density at radius 2 is 2.18 bits per heavy atom. The third kappa shape index (κ3) is 3.22. The van der Waals surface area contributed by atoms with E-state index >= 15 is 0 Å². The SMILES string of the molecule is Cc1cc(CN2C=NNC2)cc(C)c1OC(=O)[C@@H]1CCCN1. The average molecular weight is 302 g/mol. The number of aryl methyl sites for hydroxylation is 2. The molecule has 0 aliphatic carbocycles. The number of hydrogen-bond acceptors (Lipinski definition) is 6. The first-order valence-electron chi connectivity index (χ1n) is 7.69. The Morgan fingerprint density at radius 1 is 1.41 bits per heavy atom. The van der Waals surface area contributed by atoms with Crippen molar-refractivity contribution >= 4 is 12.3 Å². The normalized spacial score (nSPS) is 20.3. The largest absolute Gasteiger partial charge is 0.425 e.